The molecule has 254 valence electrons. The lowest BCUT2D eigenvalue weighted by Gasteiger charge is -2.50. The standard InChI is InChI=1S/C31H34O16/c1-10-18(8-17-20(21(10)35)24(38)15-6-5-14(34)7-16(15)23(17)37)45-30-28(47-29-26(40)25(39)22(36)11(2)44-29)31(42,12(3)32)27(41)19(46-30)9-43-13(4)33/h5-8,11,19,22,25-30,34-36,39-42H,9H2,1-4H3/t11-,19-,22-,25+,26+,27-,28+,29+,30-,31+/m1/s1. The number of fused-ring (bicyclic) bond motifs is 2. The number of carbonyl (C=O) groups is 4. The fraction of sp³-hybridized carbons (Fsp3) is 0.484. The predicted octanol–water partition coefficient (Wildman–Crippen LogP) is -1.26. The monoisotopic (exact) mass is 662 g/mol. The first-order valence-corrected chi connectivity index (χ1v) is 14.5. The van der Waals surface area contributed by atoms with E-state index in [2.05, 4.69) is 0 Å². The maximum atomic E-state index is 13.5. The van der Waals surface area contributed by atoms with E-state index in [-0.39, 0.29) is 39.3 Å². The molecule has 5 rings (SSSR count). The van der Waals surface area contributed by atoms with Crippen LogP contribution in [-0.4, -0.2) is 127 Å². The third kappa shape index (κ3) is 5.76. The molecule has 0 amide bonds. The lowest BCUT2D eigenvalue weighted by molar-refractivity contribution is -0.367. The summed E-state index contributed by atoms with van der Waals surface area (Å²) in [7, 11) is 0. The number of aromatic hydroxyl groups is 2. The van der Waals surface area contributed by atoms with Crippen molar-refractivity contribution in [3.8, 4) is 17.2 Å². The van der Waals surface area contributed by atoms with Crippen LogP contribution in [0.4, 0.5) is 0 Å². The Morgan fingerprint density at radius 3 is 2.21 bits per heavy atom. The Labute approximate surface area is 266 Å². The number of Topliss-reactive ketones (excluding diaryl/α,β-unsaturated/α-hetero) is 1. The number of ether oxygens (including phenoxy) is 5. The highest BCUT2D eigenvalue weighted by molar-refractivity contribution is 6.29. The molecule has 0 aromatic heterocycles. The van der Waals surface area contributed by atoms with Crippen molar-refractivity contribution in [1.29, 1.82) is 0 Å². The van der Waals surface area contributed by atoms with Crippen molar-refractivity contribution in [3.63, 3.8) is 0 Å². The lowest BCUT2D eigenvalue weighted by Crippen LogP contribution is -2.73. The molecule has 47 heavy (non-hydrogen) atoms. The van der Waals surface area contributed by atoms with Crippen molar-refractivity contribution in [3.05, 3.63) is 52.1 Å². The topological polar surface area (TPSA) is 256 Å². The molecule has 2 heterocycles. The number of esters is 1. The zero-order valence-electron chi connectivity index (χ0n) is 25.5. The first kappa shape index (κ1) is 34.3. The van der Waals surface area contributed by atoms with Gasteiger partial charge in [0.05, 0.1) is 11.7 Å². The molecular formula is C31H34O16. The number of aliphatic hydroxyl groups is 5. The van der Waals surface area contributed by atoms with Crippen LogP contribution in [0, 0.1) is 6.92 Å². The van der Waals surface area contributed by atoms with E-state index in [4.69, 9.17) is 23.7 Å². The van der Waals surface area contributed by atoms with Crippen molar-refractivity contribution >= 4 is 23.3 Å². The molecule has 2 aromatic carbocycles. The molecular weight excluding hydrogens is 628 g/mol. The van der Waals surface area contributed by atoms with Crippen LogP contribution >= 0.6 is 0 Å². The van der Waals surface area contributed by atoms with Gasteiger partial charge in [0.2, 0.25) is 6.29 Å². The molecule has 0 saturated carbocycles. The molecule has 0 unspecified atom stereocenters. The van der Waals surface area contributed by atoms with Crippen molar-refractivity contribution in [2.24, 2.45) is 0 Å². The zero-order chi connectivity index (χ0) is 34.7. The van der Waals surface area contributed by atoms with Crippen LogP contribution in [0.25, 0.3) is 0 Å². The lowest BCUT2D eigenvalue weighted by atomic mass is 9.80. The molecule has 0 spiro atoms. The van der Waals surface area contributed by atoms with Gasteiger partial charge in [-0.15, -0.1) is 0 Å². The molecule has 1 aliphatic carbocycles. The van der Waals surface area contributed by atoms with Crippen LogP contribution in [0.15, 0.2) is 24.3 Å². The Morgan fingerprint density at radius 2 is 1.57 bits per heavy atom. The highest BCUT2D eigenvalue weighted by atomic mass is 16.8. The van der Waals surface area contributed by atoms with E-state index >= 15 is 0 Å². The average molecular weight is 663 g/mol. The van der Waals surface area contributed by atoms with Crippen LogP contribution in [0.2, 0.25) is 0 Å². The van der Waals surface area contributed by atoms with Gasteiger partial charge in [-0.05, 0) is 45.0 Å². The van der Waals surface area contributed by atoms with Gasteiger partial charge in [0.1, 0.15) is 54.4 Å². The molecule has 7 N–H and O–H groups in total. The van der Waals surface area contributed by atoms with Crippen LogP contribution in [0.5, 0.6) is 17.2 Å². The van der Waals surface area contributed by atoms with E-state index in [9.17, 15) is 54.9 Å². The van der Waals surface area contributed by atoms with Crippen molar-refractivity contribution < 1.29 is 78.6 Å². The number of phenolic OH excluding ortho intramolecular Hbond substituents is 2. The quantitative estimate of drug-likeness (QED) is 0.146. The van der Waals surface area contributed by atoms with Gasteiger partial charge in [-0.1, -0.05) is 0 Å². The Hall–Kier alpha value is -4.00. The zero-order valence-corrected chi connectivity index (χ0v) is 25.5. The van der Waals surface area contributed by atoms with Gasteiger partial charge >= 0.3 is 5.97 Å². The summed E-state index contributed by atoms with van der Waals surface area (Å²) in [5.74, 6) is -4.65. The van der Waals surface area contributed by atoms with Crippen molar-refractivity contribution in [2.75, 3.05) is 6.61 Å². The fourth-order valence-corrected chi connectivity index (χ4v) is 5.84. The Kier molecular flexibility index (Phi) is 9.17. The first-order chi connectivity index (χ1) is 22.0. The Bertz CT molecular complexity index is 1620. The average Bonchev–Trinajstić information content (AvgIpc) is 3.01. The van der Waals surface area contributed by atoms with E-state index in [0.717, 1.165) is 26.0 Å². The number of ketones is 3. The van der Waals surface area contributed by atoms with Gasteiger partial charge in [-0.2, -0.15) is 0 Å². The molecule has 3 aliphatic rings. The van der Waals surface area contributed by atoms with Gasteiger partial charge < -0.3 is 59.4 Å². The third-order valence-electron chi connectivity index (χ3n) is 8.61. The molecule has 0 bridgehead atoms. The second-order valence-corrected chi connectivity index (χ2v) is 11.7. The normalized spacial score (nSPS) is 33.5. The number of aliphatic hydroxyl groups excluding tert-OH is 4. The molecule has 10 atom stereocenters. The summed E-state index contributed by atoms with van der Waals surface area (Å²) in [6.45, 7) is 3.94. The van der Waals surface area contributed by atoms with E-state index in [0.29, 0.717) is 0 Å². The van der Waals surface area contributed by atoms with E-state index < -0.39 is 96.6 Å². The summed E-state index contributed by atoms with van der Waals surface area (Å²) in [4.78, 5) is 51.3. The molecule has 2 aromatic rings. The Balaban J connectivity index is 1.59. The minimum Gasteiger partial charge on any atom is -0.508 e. The first-order valence-electron chi connectivity index (χ1n) is 14.5. The molecule has 0 radical (unpaired) electrons. The summed E-state index contributed by atoms with van der Waals surface area (Å²) in [5.41, 5.74) is -3.92. The highest BCUT2D eigenvalue weighted by Gasteiger charge is 2.62. The number of hydrogen-bond acceptors (Lipinski definition) is 16. The fourth-order valence-electron chi connectivity index (χ4n) is 5.84. The number of hydrogen-bond donors (Lipinski definition) is 7. The largest absolute Gasteiger partial charge is 0.508 e. The predicted molar refractivity (Wildman–Crippen MR) is 153 cm³/mol. The number of phenols is 2. The molecule has 16 nitrogen and oxygen atoms in total. The summed E-state index contributed by atoms with van der Waals surface area (Å²) in [6.07, 6.45) is -16.1. The second-order valence-electron chi connectivity index (χ2n) is 11.7. The van der Waals surface area contributed by atoms with Gasteiger partial charge in [-0.25, -0.2) is 0 Å². The van der Waals surface area contributed by atoms with Crippen LogP contribution in [0.1, 0.15) is 58.2 Å². The van der Waals surface area contributed by atoms with Gasteiger partial charge in [0, 0.05) is 29.2 Å². The number of benzene rings is 2. The van der Waals surface area contributed by atoms with Crippen LogP contribution < -0.4 is 4.74 Å². The SMILES string of the molecule is CC(=O)OC[C@H]1O[C@@H](Oc2cc3c(c(O)c2C)C(=O)c2ccc(O)cc2C3=O)[C@H](O[C@@H]2O[C@H](C)[C@@H](O)[C@H](O)[C@@H]2O)[C@](O)(C(C)=O)[C@@H]1O. The van der Waals surface area contributed by atoms with Gasteiger partial charge in [-0.3, -0.25) is 19.2 Å². The number of rotatable bonds is 7. The molecule has 2 aliphatic heterocycles. The third-order valence-corrected chi connectivity index (χ3v) is 8.61. The van der Waals surface area contributed by atoms with E-state index in [1.165, 1.54) is 26.0 Å². The summed E-state index contributed by atoms with van der Waals surface area (Å²) >= 11 is 0. The maximum Gasteiger partial charge on any atom is 0.302 e. The van der Waals surface area contributed by atoms with Crippen molar-refractivity contribution in [1.82, 2.24) is 0 Å². The summed E-state index contributed by atoms with van der Waals surface area (Å²) in [6, 6.07) is 4.62. The molecule has 16 heteroatoms. The summed E-state index contributed by atoms with van der Waals surface area (Å²) < 4.78 is 28.0. The number of carbonyl (C=O) groups excluding carboxylic acids is 4. The molecule has 2 fully saturated rings. The van der Waals surface area contributed by atoms with Gasteiger partial charge in [0.25, 0.3) is 0 Å². The smallest absolute Gasteiger partial charge is 0.302 e. The summed E-state index contributed by atoms with van der Waals surface area (Å²) in [5, 5.41) is 75.0. The molecule has 2 saturated heterocycles. The minimum atomic E-state index is -2.92. The maximum absolute atomic E-state index is 13.5. The van der Waals surface area contributed by atoms with Crippen molar-refractivity contribution in [2.45, 2.75) is 88.6 Å². The van der Waals surface area contributed by atoms with Gasteiger partial charge in [0.15, 0.2) is 35.3 Å². The van der Waals surface area contributed by atoms with E-state index in [1.807, 2.05) is 0 Å². The second kappa shape index (κ2) is 12.6. The Morgan fingerprint density at radius 1 is 0.894 bits per heavy atom. The highest BCUT2D eigenvalue weighted by Crippen LogP contribution is 2.43. The minimum absolute atomic E-state index is 0.0610. The van der Waals surface area contributed by atoms with Crippen LogP contribution in [-0.2, 0) is 28.5 Å². The van der Waals surface area contributed by atoms with Crippen LogP contribution in [0.3, 0.4) is 0 Å². The van der Waals surface area contributed by atoms with E-state index in [1.54, 1.807) is 0 Å².